The van der Waals surface area contributed by atoms with Crippen LogP contribution >= 0.6 is 0 Å². The average molecular weight is 456 g/mol. The maximum absolute atomic E-state index is 13.3. The van der Waals surface area contributed by atoms with E-state index in [4.69, 9.17) is 0 Å². The van der Waals surface area contributed by atoms with Crippen molar-refractivity contribution in [2.75, 3.05) is 19.6 Å². The number of hydrogen-bond donors (Lipinski definition) is 0. The van der Waals surface area contributed by atoms with Gasteiger partial charge in [0, 0.05) is 37.3 Å². The Kier molecular flexibility index (Phi) is 5.96. The SMILES string of the molecule is O=C(c1cc(C(F)(F)F)cc(C(F)(F)F)c1)N1CCN(C2CC2)CC1Cc1ccccc1. The number of piperazine rings is 1. The first-order chi connectivity index (χ1) is 15.0. The first-order valence-corrected chi connectivity index (χ1v) is 10.4. The Labute approximate surface area is 181 Å². The highest BCUT2D eigenvalue weighted by Gasteiger charge is 2.40. The maximum atomic E-state index is 13.3. The van der Waals surface area contributed by atoms with Crippen LogP contribution in [0.3, 0.4) is 0 Å². The van der Waals surface area contributed by atoms with Gasteiger partial charge in [0.05, 0.1) is 11.1 Å². The molecule has 1 atom stereocenters. The molecule has 1 unspecified atom stereocenters. The third-order valence-electron chi connectivity index (χ3n) is 5.99. The van der Waals surface area contributed by atoms with Gasteiger partial charge in [-0.2, -0.15) is 26.3 Å². The van der Waals surface area contributed by atoms with E-state index < -0.39 is 35.0 Å². The summed E-state index contributed by atoms with van der Waals surface area (Å²) in [6, 6.07) is 10.5. The summed E-state index contributed by atoms with van der Waals surface area (Å²) in [5, 5.41) is 0. The summed E-state index contributed by atoms with van der Waals surface area (Å²) in [6.07, 6.45) is -7.39. The predicted octanol–water partition coefficient (Wildman–Crippen LogP) is 5.26. The lowest BCUT2D eigenvalue weighted by Gasteiger charge is -2.42. The normalized spacial score (nSPS) is 20.4. The molecule has 1 aliphatic heterocycles. The number of carbonyl (C=O) groups is 1. The van der Waals surface area contributed by atoms with Crippen molar-refractivity contribution in [2.45, 2.75) is 43.7 Å². The van der Waals surface area contributed by atoms with Gasteiger partial charge >= 0.3 is 12.4 Å². The molecule has 0 aromatic heterocycles. The van der Waals surface area contributed by atoms with Crippen LogP contribution in [-0.4, -0.2) is 47.4 Å². The van der Waals surface area contributed by atoms with Crippen LogP contribution < -0.4 is 0 Å². The van der Waals surface area contributed by atoms with Crippen LogP contribution in [0.5, 0.6) is 0 Å². The summed E-state index contributed by atoms with van der Waals surface area (Å²) in [7, 11) is 0. The molecule has 9 heteroatoms. The fraction of sp³-hybridized carbons (Fsp3) is 0.435. The Hall–Kier alpha value is -2.55. The lowest BCUT2D eigenvalue weighted by atomic mass is 9.99. The second-order valence-corrected chi connectivity index (χ2v) is 8.36. The number of amides is 1. The Balaban J connectivity index is 1.66. The van der Waals surface area contributed by atoms with Crippen LogP contribution in [0.4, 0.5) is 26.3 Å². The summed E-state index contributed by atoms with van der Waals surface area (Å²) >= 11 is 0. The van der Waals surface area contributed by atoms with Gasteiger partial charge in [0.15, 0.2) is 0 Å². The first-order valence-electron chi connectivity index (χ1n) is 10.4. The molecule has 1 heterocycles. The molecule has 0 N–H and O–H groups in total. The third-order valence-corrected chi connectivity index (χ3v) is 5.99. The molecular formula is C23H22F6N2O. The van der Waals surface area contributed by atoms with Crippen molar-refractivity contribution in [1.82, 2.24) is 9.80 Å². The van der Waals surface area contributed by atoms with Crippen LogP contribution in [0, 0.1) is 0 Å². The lowest BCUT2D eigenvalue weighted by Crippen LogP contribution is -2.56. The Morgan fingerprint density at radius 1 is 0.875 bits per heavy atom. The zero-order valence-corrected chi connectivity index (χ0v) is 17.1. The Morgan fingerprint density at radius 3 is 2.00 bits per heavy atom. The molecule has 172 valence electrons. The summed E-state index contributed by atoms with van der Waals surface area (Å²) in [5.74, 6) is -0.807. The molecule has 1 saturated heterocycles. The van der Waals surface area contributed by atoms with Gasteiger partial charge in [0.25, 0.3) is 5.91 Å². The molecule has 2 aromatic rings. The lowest BCUT2D eigenvalue weighted by molar-refractivity contribution is -0.143. The van der Waals surface area contributed by atoms with E-state index in [-0.39, 0.29) is 18.7 Å². The van der Waals surface area contributed by atoms with Gasteiger partial charge in [-0.15, -0.1) is 0 Å². The topological polar surface area (TPSA) is 23.6 Å². The van der Waals surface area contributed by atoms with Gasteiger partial charge in [-0.25, -0.2) is 0 Å². The van der Waals surface area contributed by atoms with E-state index in [0.29, 0.717) is 37.7 Å². The van der Waals surface area contributed by atoms with Gasteiger partial charge in [-0.3, -0.25) is 9.69 Å². The second-order valence-electron chi connectivity index (χ2n) is 8.36. The Bertz CT molecular complexity index is 936. The fourth-order valence-electron chi connectivity index (χ4n) is 4.22. The van der Waals surface area contributed by atoms with E-state index in [1.165, 1.54) is 4.90 Å². The van der Waals surface area contributed by atoms with Crippen molar-refractivity contribution in [3.05, 3.63) is 70.8 Å². The summed E-state index contributed by atoms with van der Waals surface area (Å²) in [5.41, 5.74) is -2.60. The van der Waals surface area contributed by atoms with Crippen molar-refractivity contribution in [2.24, 2.45) is 0 Å². The van der Waals surface area contributed by atoms with E-state index >= 15 is 0 Å². The first kappa shape index (κ1) is 22.6. The number of carbonyl (C=O) groups excluding carboxylic acids is 1. The molecule has 4 rings (SSSR count). The smallest absolute Gasteiger partial charge is 0.333 e. The van der Waals surface area contributed by atoms with Gasteiger partial charge < -0.3 is 4.90 Å². The maximum Gasteiger partial charge on any atom is 0.416 e. The van der Waals surface area contributed by atoms with Gasteiger partial charge in [0.2, 0.25) is 0 Å². The van der Waals surface area contributed by atoms with E-state index in [1.54, 1.807) is 0 Å². The van der Waals surface area contributed by atoms with E-state index in [0.717, 1.165) is 18.4 Å². The zero-order chi connectivity index (χ0) is 23.1. The van der Waals surface area contributed by atoms with Crippen molar-refractivity contribution < 1.29 is 31.1 Å². The number of nitrogens with zero attached hydrogens (tertiary/aromatic N) is 2. The Morgan fingerprint density at radius 2 is 1.47 bits per heavy atom. The van der Waals surface area contributed by atoms with Crippen LogP contribution in [-0.2, 0) is 18.8 Å². The number of benzene rings is 2. The highest BCUT2D eigenvalue weighted by molar-refractivity contribution is 5.95. The molecule has 1 aliphatic carbocycles. The zero-order valence-electron chi connectivity index (χ0n) is 17.1. The second kappa shape index (κ2) is 8.42. The predicted molar refractivity (Wildman–Crippen MR) is 106 cm³/mol. The van der Waals surface area contributed by atoms with E-state index in [2.05, 4.69) is 4.90 Å². The summed E-state index contributed by atoms with van der Waals surface area (Å²) in [4.78, 5) is 16.9. The standard InChI is InChI=1S/C23H22F6N2O/c24-22(25,26)17-11-16(12-18(13-17)23(27,28)29)21(32)31-9-8-30(19-6-7-19)14-20(31)10-15-4-2-1-3-5-15/h1-5,11-13,19-20H,6-10,14H2. The average Bonchev–Trinajstić information content (AvgIpc) is 3.58. The minimum absolute atomic E-state index is 0.0449. The van der Waals surface area contributed by atoms with Crippen molar-refractivity contribution >= 4 is 5.91 Å². The van der Waals surface area contributed by atoms with Crippen LogP contribution in [0.25, 0.3) is 0 Å². The molecule has 1 saturated carbocycles. The molecule has 0 bridgehead atoms. The molecule has 0 radical (unpaired) electrons. The number of rotatable bonds is 4. The van der Waals surface area contributed by atoms with Gasteiger partial charge in [-0.1, -0.05) is 30.3 Å². The van der Waals surface area contributed by atoms with Gasteiger partial charge in [0.1, 0.15) is 0 Å². The quantitative estimate of drug-likeness (QED) is 0.587. The molecular weight excluding hydrogens is 434 g/mol. The van der Waals surface area contributed by atoms with Crippen LogP contribution in [0.1, 0.15) is 39.9 Å². The number of hydrogen-bond acceptors (Lipinski definition) is 2. The largest absolute Gasteiger partial charge is 0.416 e. The fourth-order valence-corrected chi connectivity index (χ4v) is 4.22. The summed E-state index contributed by atoms with van der Waals surface area (Å²) < 4.78 is 79.5. The molecule has 2 aromatic carbocycles. The van der Waals surface area contributed by atoms with E-state index in [1.807, 2.05) is 30.3 Å². The monoisotopic (exact) mass is 456 g/mol. The minimum atomic E-state index is -5.00. The molecule has 32 heavy (non-hydrogen) atoms. The van der Waals surface area contributed by atoms with Gasteiger partial charge in [-0.05, 0) is 43.0 Å². The number of alkyl halides is 6. The molecule has 2 fully saturated rings. The van der Waals surface area contributed by atoms with Crippen molar-refractivity contribution in [3.63, 3.8) is 0 Å². The molecule has 2 aliphatic rings. The van der Waals surface area contributed by atoms with Crippen LogP contribution in [0.2, 0.25) is 0 Å². The van der Waals surface area contributed by atoms with Crippen molar-refractivity contribution in [3.8, 4) is 0 Å². The molecule has 1 amide bonds. The highest BCUT2D eigenvalue weighted by Crippen LogP contribution is 2.37. The third kappa shape index (κ3) is 5.09. The number of halogens is 6. The highest BCUT2D eigenvalue weighted by atomic mass is 19.4. The van der Waals surface area contributed by atoms with Crippen molar-refractivity contribution in [1.29, 1.82) is 0 Å². The van der Waals surface area contributed by atoms with Crippen LogP contribution in [0.15, 0.2) is 48.5 Å². The molecule has 0 spiro atoms. The molecule has 3 nitrogen and oxygen atoms in total. The minimum Gasteiger partial charge on any atom is -0.333 e. The van der Waals surface area contributed by atoms with E-state index in [9.17, 15) is 31.1 Å². The summed E-state index contributed by atoms with van der Waals surface area (Å²) in [6.45, 7) is 1.34.